The Balaban J connectivity index is 0.670. The number of unbranched alkanes of at least 4 members (excludes halogenated alkanes) is 6. The molecule has 1 amide bonds. The van der Waals surface area contributed by atoms with Crippen LogP contribution in [0.4, 0.5) is 10.5 Å². The van der Waals surface area contributed by atoms with Crippen molar-refractivity contribution in [3.63, 3.8) is 0 Å². The third-order valence-electron chi connectivity index (χ3n) is 21.8. The molecule has 0 radical (unpaired) electrons. The lowest BCUT2D eigenvalue weighted by atomic mass is 9.46. The Morgan fingerprint density at radius 2 is 1.58 bits per heavy atom. The van der Waals surface area contributed by atoms with Gasteiger partial charge in [-0.25, -0.2) is 14.2 Å². The van der Waals surface area contributed by atoms with E-state index in [1.54, 1.807) is 24.3 Å². The van der Waals surface area contributed by atoms with Crippen molar-refractivity contribution in [2.75, 3.05) is 64.3 Å². The van der Waals surface area contributed by atoms with Crippen LogP contribution in [0.1, 0.15) is 161 Å². The highest BCUT2D eigenvalue weighted by atomic mass is 31.2. The van der Waals surface area contributed by atoms with Crippen LogP contribution in [0.5, 0.6) is 5.75 Å². The molecule has 89 heavy (non-hydrogen) atoms. The first-order valence-electron chi connectivity index (χ1n) is 33.4. The summed E-state index contributed by atoms with van der Waals surface area (Å²) in [6.45, 7) is 12.1. The van der Waals surface area contributed by atoms with Crippen molar-refractivity contribution < 1.29 is 71.7 Å². The molecule has 10 atom stereocenters. The standard InChI is InChI=1S/C70H97N4O14P/c1-5-74(6-2,46-64(79)84-47-62(78)70-63(86-66(87-70)49-24-16-13-17-25-49)42-57-56-30-29-52-41-53(75)32-35-68(52,3)65(56)59(76)43-69(57,70)4)45-51-40-50(28-31-61(51)88-89(81,82)83)60(77)44-71-36-20-10-8-7-9-11-21-37-73-38-33-54(34-39-73)85-67(80)72-58-27-19-18-26-55(58)48-22-14-12-15-23-48/h12,14-15,18-19,22-23,26-28,31-32,35,40-41,49,54,56-57,59-60,63,65-66,71,76-77H,5-11,13,16-17,20-21,24-25,29-30,33-34,36-39,42-47H2,1-4H3,(H2-,72,80,81,82,83)/p+1/t56-,57?,59-,60-,63?,65?,66+,68-,69-,70+/m0/s1. The molecular formula is C70H98N4O14P+. The highest BCUT2D eigenvalue weighted by molar-refractivity contribution is 7.46. The van der Waals surface area contributed by atoms with Crippen LogP contribution in [0.15, 0.2) is 96.6 Å². The maximum Gasteiger partial charge on any atom is 0.524 e. The molecule has 7 aliphatic rings. The molecule has 0 bridgehead atoms. The van der Waals surface area contributed by atoms with Crippen molar-refractivity contribution in [3.05, 3.63) is 108 Å². The van der Waals surface area contributed by atoms with Crippen molar-refractivity contribution in [2.45, 2.75) is 186 Å². The van der Waals surface area contributed by atoms with Crippen LogP contribution in [0.25, 0.3) is 11.1 Å². The Morgan fingerprint density at radius 1 is 0.876 bits per heavy atom. The molecule has 2 aliphatic heterocycles. The number of aliphatic hydroxyl groups excluding tert-OH is 2. The number of carbonyl (C=O) groups excluding carboxylic acids is 4. The van der Waals surface area contributed by atoms with E-state index in [1.165, 1.54) is 12.5 Å². The summed E-state index contributed by atoms with van der Waals surface area (Å²) in [6, 6.07) is 22.5. The summed E-state index contributed by atoms with van der Waals surface area (Å²) in [7, 11) is -5.01. The summed E-state index contributed by atoms with van der Waals surface area (Å²) in [6.07, 6.45) is 18.7. The van der Waals surface area contributed by atoms with E-state index in [9.17, 15) is 38.9 Å². The number of ether oxygens (including phenoxy) is 4. The summed E-state index contributed by atoms with van der Waals surface area (Å²) < 4.78 is 43.4. The van der Waals surface area contributed by atoms with Gasteiger partial charge < -0.3 is 48.4 Å². The van der Waals surface area contributed by atoms with Crippen LogP contribution < -0.4 is 15.2 Å². The SMILES string of the molecule is CC[N+](CC)(CC(=O)OCC(=O)[C@@]12O[C@H](C3CCCCC3)OC1CC1[C@@H]3CCC4=CC(=O)C=C[C@]4(C)C3[C@@H](O)C[C@@]12C)Cc1cc([C@@H](O)CNCCCCCCCCCN2CCC(OC(=O)Nc3ccccc3-c3ccccc3)CC2)ccc1OP(=O)(O)O. The molecule has 3 aromatic carbocycles. The topological polar surface area (TPSA) is 240 Å². The molecule has 10 rings (SSSR count). The smallest absolute Gasteiger partial charge is 0.453 e. The van der Waals surface area contributed by atoms with Crippen molar-refractivity contribution >= 4 is 37.1 Å². The van der Waals surface area contributed by atoms with Crippen LogP contribution in [-0.2, 0) is 44.4 Å². The van der Waals surface area contributed by atoms with Gasteiger partial charge in [0, 0.05) is 53.4 Å². The van der Waals surface area contributed by atoms with E-state index >= 15 is 4.79 Å². The number of carbonyl (C=O) groups is 4. The lowest BCUT2D eigenvalue weighted by molar-refractivity contribution is -0.931. The number of quaternary nitrogens is 1. The van der Waals surface area contributed by atoms with Crippen LogP contribution in [0, 0.1) is 34.5 Å². The fourth-order valence-corrected chi connectivity index (χ4v) is 17.3. The molecule has 2 heterocycles. The van der Waals surface area contributed by atoms with Gasteiger partial charge in [0.15, 0.2) is 30.8 Å². The van der Waals surface area contributed by atoms with Crippen molar-refractivity contribution in [1.82, 2.24) is 10.2 Å². The zero-order valence-electron chi connectivity index (χ0n) is 52.9. The number of amides is 1. The third kappa shape index (κ3) is 15.2. The molecular weight excluding hydrogens is 1150 g/mol. The number of phosphoric acid groups is 1. The molecule has 3 unspecified atom stereocenters. The third-order valence-corrected chi connectivity index (χ3v) is 22.2. The molecule has 5 aliphatic carbocycles. The maximum absolute atomic E-state index is 15.3. The minimum atomic E-state index is -5.01. The number of Topliss-reactive ketones (excluding diaryl/α,β-unsaturated/α-hetero) is 1. The molecule has 19 heteroatoms. The molecule has 3 aromatic rings. The second-order valence-electron chi connectivity index (χ2n) is 27.2. The molecule has 0 aromatic heterocycles. The minimum absolute atomic E-state index is 0.0305. The number of likely N-dealkylation sites (N-methyl/N-ethyl adjacent to an activating group) is 1. The number of likely N-dealkylation sites (tertiary alicyclic amines) is 1. The van der Waals surface area contributed by atoms with Crippen LogP contribution in [-0.4, -0.2) is 142 Å². The summed E-state index contributed by atoms with van der Waals surface area (Å²) in [4.78, 5) is 77.3. The summed E-state index contributed by atoms with van der Waals surface area (Å²) in [5.74, 6) is -1.14. The molecule has 6 N–H and O–H groups in total. The van der Waals surface area contributed by atoms with E-state index in [-0.39, 0.29) is 77.6 Å². The number of hydrogen-bond donors (Lipinski definition) is 6. The van der Waals surface area contributed by atoms with E-state index in [2.05, 4.69) is 29.4 Å². The maximum atomic E-state index is 15.3. The molecule has 2 saturated heterocycles. The zero-order chi connectivity index (χ0) is 63.0. The summed E-state index contributed by atoms with van der Waals surface area (Å²) in [5, 5.41) is 30.1. The van der Waals surface area contributed by atoms with Gasteiger partial charge in [0.05, 0.1) is 37.1 Å². The normalized spacial score (nSPS) is 28.4. The fourth-order valence-electron chi connectivity index (χ4n) is 16.8. The van der Waals surface area contributed by atoms with E-state index in [4.69, 9.17) is 23.5 Å². The fraction of sp³-hybridized carbons (Fsp3) is 0.629. The van der Waals surface area contributed by atoms with Gasteiger partial charge in [0.2, 0.25) is 5.78 Å². The Hall–Kier alpha value is -5.11. The highest BCUT2D eigenvalue weighted by Gasteiger charge is 2.76. The highest BCUT2D eigenvalue weighted by Crippen LogP contribution is 2.70. The van der Waals surface area contributed by atoms with E-state index < -0.39 is 67.5 Å². The van der Waals surface area contributed by atoms with Crippen molar-refractivity contribution in [2.24, 2.45) is 34.5 Å². The van der Waals surface area contributed by atoms with Gasteiger partial charge in [-0.05, 0) is 144 Å². The summed E-state index contributed by atoms with van der Waals surface area (Å²) >= 11 is 0. The van der Waals surface area contributed by atoms with Crippen LogP contribution in [0.2, 0.25) is 0 Å². The first kappa shape index (κ1) is 66.8. The zero-order valence-corrected chi connectivity index (χ0v) is 53.8. The Morgan fingerprint density at radius 3 is 2.31 bits per heavy atom. The molecule has 486 valence electrons. The van der Waals surface area contributed by atoms with Gasteiger partial charge in [-0.1, -0.05) is 131 Å². The second-order valence-corrected chi connectivity index (χ2v) is 28.4. The average molecular weight is 1250 g/mol. The Bertz CT molecular complexity index is 3050. The quantitative estimate of drug-likeness (QED) is 0.0171. The largest absolute Gasteiger partial charge is 0.524 e. The predicted octanol–water partition coefficient (Wildman–Crippen LogP) is 11.3. The Labute approximate surface area is 526 Å². The Kier molecular flexibility index (Phi) is 21.9. The number of phosphoric ester groups is 1. The van der Waals surface area contributed by atoms with E-state index in [1.807, 2.05) is 74.5 Å². The lowest BCUT2D eigenvalue weighted by Gasteiger charge is -2.59. The number of fused-ring (bicyclic) bond motifs is 7. The number of anilines is 1. The minimum Gasteiger partial charge on any atom is -0.453 e. The number of allylic oxidation sites excluding steroid dienone is 4. The molecule has 4 saturated carbocycles. The first-order valence-corrected chi connectivity index (χ1v) is 34.9. The number of para-hydroxylation sites is 1. The van der Waals surface area contributed by atoms with Gasteiger partial charge in [-0.2, -0.15) is 0 Å². The first-order chi connectivity index (χ1) is 42.8. The monoisotopic (exact) mass is 1250 g/mol. The number of benzene rings is 3. The number of hydrogen-bond acceptors (Lipinski definition) is 14. The number of piperidine rings is 1. The van der Waals surface area contributed by atoms with Crippen LogP contribution >= 0.6 is 7.82 Å². The lowest BCUT2D eigenvalue weighted by Crippen LogP contribution is -2.64. The number of esters is 1. The van der Waals surface area contributed by atoms with Crippen molar-refractivity contribution in [1.29, 1.82) is 0 Å². The number of ketones is 2. The van der Waals surface area contributed by atoms with Gasteiger partial charge in [0.1, 0.15) is 18.4 Å². The number of nitrogens with one attached hydrogen (secondary N) is 2. The van der Waals surface area contributed by atoms with Gasteiger partial charge in [0.25, 0.3) is 0 Å². The predicted molar refractivity (Wildman–Crippen MR) is 339 cm³/mol. The molecule has 0 spiro atoms. The van der Waals surface area contributed by atoms with Crippen LogP contribution in [0.3, 0.4) is 0 Å². The number of nitrogens with zero attached hydrogens (tertiary/aromatic N) is 2. The summed E-state index contributed by atoms with van der Waals surface area (Å²) in [5.41, 5.74) is 1.89. The second kappa shape index (κ2) is 29.2. The average Bonchev–Trinajstić information content (AvgIpc) is 1.54. The van der Waals surface area contributed by atoms with Gasteiger partial charge >= 0.3 is 19.9 Å². The van der Waals surface area contributed by atoms with E-state index in [0.29, 0.717) is 37.2 Å². The number of rotatable bonds is 28. The van der Waals surface area contributed by atoms with Gasteiger partial charge in [-0.15, -0.1) is 0 Å². The molecule has 6 fully saturated rings. The molecule has 18 nitrogen and oxygen atoms in total. The van der Waals surface area contributed by atoms with Crippen molar-refractivity contribution in [3.8, 4) is 16.9 Å². The van der Waals surface area contributed by atoms with E-state index in [0.717, 1.165) is 138 Å². The number of aliphatic hydroxyl groups is 2. The van der Waals surface area contributed by atoms with Gasteiger partial charge in [-0.3, -0.25) is 24.7 Å².